The van der Waals surface area contributed by atoms with Gasteiger partial charge in [-0.2, -0.15) is 5.26 Å². The van der Waals surface area contributed by atoms with Crippen LogP contribution in [0.4, 0.5) is 0 Å². The Labute approximate surface area is 104 Å². The lowest BCUT2D eigenvalue weighted by molar-refractivity contribution is 0.221. The summed E-state index contributed by atoms with van der Waals surface area (Å²) >= 11 is 3.41. The molecule has 1 saturated carbocycles. The quantitative estimate of drug-likeness (QED) is 0.838. The van der Waals surface area contributed by atoms with Gasteiger partial charge in [-0.15, -0.1) is 0 Å². The molecule has 0 unspecified atom stereocenters. The second-order valence-corrected chi connectivity index (χ2v) is 5.05. The van der Waals surface area contributed by atoms with Gasteiger partial charge >= 0.3 is 0 Å². The van der Waals surface area contributed by atoms with E-state index in [-0.39, 0.29) is 0 Å². The molecule has 0 saturated heterocycles. The van der Waals surface area contributed by atoms with E-state index < -0.39 is 0 Å². The molecule has 0 radical (unpaired) electrons. The fourth-order valence-electron chi connectivity index (χ4n) is 1.80. The first kappa shape index (κ1) is 11.5. The van der Waals surface area contributed by atoms with Crippen LogP contribution in [0.25, 0.3) is 0 Å². The zero-order valence-corrected chi connectivity index (χ0v) is 10.7. The number of benzene rings is 1. The average Bonchev–Trinajstić information content (AvgIpc) is 2.23. The number of rotatable bonds is 4. The summed E-state index contributed by atoms with van der Waals surface area (Å²) in [7, 11) is 0. The molecule has 1 aliphatic carbocycles. The molecule has 0 aromatic heterocycles. The Bertz CT molecular complexity index is 407. The Morgan fingerprint density at radius 2 is 2.25 bits per heavy atom. The molecule has 2 rings (SSSR count). The van der Waals surface area contributed by atoms with E-state index in [2.05, 4.69) is 22.0 Å². The van der Waals surface area contributed by atoms with Crippen molar-refractivity contribution in [2.45, 2.75) is 25.7 Å². The number of halogens is 1. The maximum Gasteiger partial charge on any atom is 0.133 e. The van der Waals surface area contributed by atoms with E-state index in [4.69, 9.17) is 10.00 Å². The van der Waals surface area contributed by atoms with Crippen LogP contribution < -0.4 is 4.74 Å². The average molecular weight is 280 g/mol. The molecule has 0 aliphatic heterocycles. The van der Waals surface area contributed by atoms with E-state index in [1.165, 1.54) is 19.3 Å². The molecule has 1 aromatic rings. The smallest absolute Gasteiger partial charge is 0.133 e. The maximum atomic E-state index is 8.73. The van der Waals surface area contributed by atoms with Crippen LogP contribution in [0, 0.1) is 17.2 Å². The van der Waals surface area contributed by atoms with Crippen molar-refractivity contribution < 1.29 is 4.74 Å². The van der Waals surface area contributed by atoms with E-state index in [1.807, 2.05) is 6.07 Å². The summed E-state index contributed by atoms with van der Waals surface area (Å²) in [6, 6.07) is 7.52. The molecule has 1 aromatic carbocycles. The molecule has 16 heavy (non-hydrogen) atoms. The molecule has 0 bridgehead atoms. The highest BCUT2D eigenvalue weighted by molar-refractivity contribution is 9.10. The van der Waals surface area contributed by atoms with Gasteiger partial charge in [0.1, 0.15) is 5.75 Å². The highest BCUT2D eigenvalue weighted by Crippen LogP contribution is 2.30. The molecule has 0 atom stereocenters. The van der Waals surface area contributed by atoms with E-state index in [0.29, 0.717) is 5.56 Å². The van der Waals surface area contributed by atoms with Crippen LogP contribution in [0.1, 0.15) is 31.2 Å². The van der Waals surface area contributed by atoms with Gasteiger partial charge in [-0.3, -0.25) is 0 Å². The minimum absolute atomic E-state index is 0.651. The van der Waals surface area contributed by atoms with E-state index in [1.54, 1.807) is 12.1 Å². The Hall–Kier alpha value is -1.01. The Morgan fingerprint density at radius 1 is 1.44 bits per heavy atom. The molecule has 1 aliphatic rings. The van der Waals surface area contributed by atoms with Gasteiger partial charge in [0.25, 0.3) is 0 Å². The predicted molar refractivity (Wildman–Crippen MR) is 66.3 cm³/mol. The second-order valence-electron chi connectivity index (χ2n) is 4.19. The van der Waals surface area contributed by atoms with Crippen LogP contribution in [0.5, 0.6) is 5.75 Å². The minimum Gasteiger partial charge on any atom is -0.492 e. The van der Waals surface area contributed by atoms with Gasteiger partial charge in [-0.25, -0.2) is 0 Å². The van der Waals surface area contributed by atoms with Crippen LogP contribution in [-0.2, 0) is 0 Å². The number of ether oxygens (including phenoxy) is 1. The summed E-state index contributed by atoms with van der Waals surface area (Å²) in [6.45, 7) is 0.773. The number of hydrogen-bond acceptors (Lipinski definition) is 2. The molecule has 3 heteroatoms. The molecule has 1 fully saturated rings. The van der Waals surface area contributed by atoms with Crippen LogP contribution >= 0.6 is 15.9 Å². The van der Waals surface area contributed by atoms with Gasteiger partial charge in [0.05, 0.1) is 22.7 Å². The predicted octanol–water partition coefficient (Wildman–Crippen LogP) is 3.89. The zero-order valence-electron chi connectivity index (χ0n) is 9.08. The summed E-state index contributed by atoms with van der Waals surface area (Å²) in [6.07, 6.45) is 5.24. The molecular formula is C13H14BrNO. The molecule has 2 nitrogen and oxygen atoms in total. The van der Waals surface area contributed by atoms with Gasteiger partial charge in [0, 0.05) is 0 Å². The van der Waals surface area contributed by atoms with Crippen LogP contribution in [0.2, 0.25) is 0 Å². The number of hydrogen-bond donors (Lipinski definition) is 0. The summed E-state index contributed by atoms with van der Waals surface area (Å²) < 4.78 is 6.55. The van der Waals surface area contributed by atoms with Gasteiger partial charge in [0.15, 0.2) is 0 Å². The van der Waals surface area contributed by atoms with Crippen molar-refractivity contribution in [1.29, 1.82) is 5.26 Å². The number of nitriles is 1. The minimum atomic E-state index is 0.651. The maximum absolute atomic E-state index is 8.73. The van der Waals surface area contributed by atoms with Crippen molar-refractivity contribution in [3.8, 4) is 11.8 Å². The standard InChI is InChI=1S/C13H14BrNO/c14-12-8-11(9-15)4-5-13(12)16-7-6-10-2-1-3-10/h4-5,8,10H,1-3,6-7H2. The van der Waals surface area contributed by atoms with Crippen LogP contribution in [0.3, 0.4) is 0 Å². The fourth-order valence-corrected chi connectivity index (χ4v) is 2.30. The number of nitrogens with zero attached hydrogens (tertiary/aromatic N) is 1. The van der Waals surface area contributed by atoms with Gasteiger partial charge in [-0.05, 0) is 46.5 Å². The fraction of sp³-hybridized carbons (Fsp3) is 0.462. The summed E-state index contributed by atoms with van der Waals surface area (Å²) in [5.74, 6) is 1.70. The van der Waals surface area contributed by atoms with Crippen LogP contribution in [0.15, 0.2) is 22.7 Å². The third kappa shape index (κ3) is 2.76. The van der Waals surface area contributed by atoms with Crippen molar-refractivity contribution in [2.75, 3.05) is 6.61 Å². The highest BCUT2D eigenvalue weighted by Gasteiger charge is 2.17. The molecule has 84 valence electrons. The Balaban J connectivity index is 1.86. The van der Waals surface area contributed by atoms with Gasteiger partial charge in [-0.1, -0.05) is 19.3 Å². The lowest BCUT2D eigenvalue weighted by Crippen LogP contribution is -2.14. The molecule has 0 N–H and O–H groups in total. The third-order valence-electron chi connectivity index (χ3n) is 3.07. The van der Waals surface area contributed by atoms with E-state index >= 15 is 0 Å². The van der Waals surface area contributed by atoms with Crippen molar-refractivity contribution in [1.82, 2.24) is 0 Å². The monoisotopic (exact) mass is 279 g/mol. The summed E-state index contributed by atoms with van der Waals surface area (Å²) in [5, 5.41) is 8.73. The van der Waals surface area contributed by atoms with Crippen molar-refractivity contribution in [2.24, 2.45) is 5.92 Å². The topological polar surface area (TPSA) is 33.0 Å². The summed E-state index contributed by atoms with van der Waals surface area (Å²) in [4.78, 5) is 0. The van der Waals surface area contributed by atoms with Crippen molar-refractivity contribution in [3.63, 3.8) is 0 Å². The second kappa shape index (κ2) is 5.36. The summed E-state index contributed by atoms with van der Waals surface area (Å²) in [5.41, 5.74) is 0.651. The third-order valence-corrected chi connectivity index (χ3v) is 3.69. The highest BCUT2D eigenvalue weighted by atomic mass is 79.9. The van der Waals surface area contributed by atoms with Crippen molar-refractivity contribution in [3.05, 3.63) is 28.2 Å². The normalized spacial score (nSPS) is 15.2. The first-order valence-electron chi connectivity index (χ1n) is 5.62. The van der Waals surface area contributed by atoms with E-state index in [0.717, 1.165) is 29.2 Å². The SMILES string of the molecule is N#Cc1ccc(OCCC2CCC2)c(Br)c1. The van der Waals surface area contributed by atoms with Gasteiger partial charge < -0.3 is 4.74 Å². The lowest BCUT2D eigenvalue weighted by Gasteiger charge is -2.25. The van der Waals surface area contributed by atoms with E-state index in [9.17, 15) is 0 Å². The largest absolute Gasteiger partial charge is 0.492 e. The van der Waals surface area contributed by atoms with Gasteiger partial charge in [0.2, 0.25) is 0 Å². The first-order valence-corrected chi connectivity index (χ1v) is 6.41. The molecular weight excluding hydrogens is 266 g/mol. The first-order chi connectivity index (χ1) is 7.79. The molecule has 0 spiro atoms. The lowest BCUT2D eigenvalue weighted by atomic mass is 9.83. The van der Waals surface area contributed by atoms with Crippen molar-refractivity contribution >= 4 is 15.9 Å². The molecule has 0 amide bonds. The Morgan fingerprint density at radius 3 is 2.81 bits per heavy atom. The zero-order chi connectivity index (χ0) is 11.4. The molecule has 0 heterocycles. The Kier molecular flexibility index (Phi) is 3.84. The van der Waals surface area contributed by atoms with Crippen LogP contribution in [-0.4, -0.2) is 6.61 Å².